The third kappa shape index (κ3) is 3.54. The van der Waals surface area contributed by atoms with Crippen molar-refractivity contribution >= 4 is 5.91 Å². The number of carbonyl (C=O) groups excluding carboxylic acids is 1. The number of ether oxygens (including phenoxy) is 1. The minimum Gasteiger partial charge on any atom is -0.486 e. The number of nitrogens with two attached hydrogens (primary N) is 1. The lowest BCUT2D eigenvalue weighted by Gasteiger charge is -2.34. The lowest BCUT2D eigenvalue weighted by molar-refractivity contribution is -0.117. The Hall–Kier alpha value is -1.59. The van der Waals surface area contributed by atoms with Crippen molar-refractivity contribution in [3.05, 3.63) is 29.8 Å². The number of piperidine rings is 1. The number of nitrogens with zero attached hydrogens (tertiary/aromatic N) is 1. The minimum absolute atomic E-state index is 0.0317. The molecule has 3 rings (SSSR count). The van der Waals surface area contributed by atoms with Crippen LogP contribution in [0.2, 0.25) is 0 Å². The highest BCUT2D eigenvalue weighted by Crippen LogP contribution is 2.35. The summed E-state index contributed by atoms with van der Waals surface area (Å²) in [5, 5.41) is 3.01. The number of fused-ring (bicyclic) bond motifs is 2. The van der Waals surface area contributed by atoms with Crippen LogP contribution in [0.4, 0.5) is 0 Å². The number of benzene rings is 1. The molecule has 0 aliphatic carbocycles. The summed E-state index contributed by atoms with van der Waals surface area (Å²) < 4.78 is 6.30. The van der Waals surface area contributed by atoms with Crippen LogP contribution in [0.3, 0.4) is 0 Å². The highest BCUT2D eigenvalue weighted by atomic mass is 16.5. The highest BCUT2D eigenvalue weighted by Gasteiger charge is 2.42. The van der Waals surface area contributed by atoms with Crippen LogP contribution in [0.15, 0.2) is 24.3 Å². The predicted octanol–water partition coefficient (Wildman–Crippen LogP) is 0.879. The number of primary amides is 1. The topological polar surface area (TPSA) is 67.6 Å². The quantitative estimate of drug-likeness (QED) is 0.816. The van der Waals surface area contributed by atoms with E-state index in [9.17, 15) is 4.79 Å². The second-order valence-corrected chi connectivity index (χ2v) is 6.13. The van der Waals surface area contributed by atoms with Crippen molar-refractivity contribution in [1.29, 1.82) is 0 Å². The molecule has 2 heterocycles. The van der Waals surface area contributed by atoms with E-state index in [0.29, 0.717) is 6.54 Å². The van der Waals surface area contributed by atoms with Gasteiger partial charge in [0.25, 0.3) is 0 Å². The normalized spacial score (nSPS) is 27.5. The van der Waals surface area contributed by atoms with Crippen molar-refractivity contribution in [2.45, 2.75) is 31.4 Å². The molecule has 1 aromatic rings. The number of amides is 1. The van der Waals surface area contributed by atoms with Gasteiger partial charge in [0.2, 0.25) is 5.91 Å². The molecule has 114 valence electrons. The summed E-state index contributed by atoms with van der Waals surface area (Å²) in [7, 11) is 0. The molecule has 2 aliphatic heterocycles. The minimum atomic E-state index is -0.336. The van der Waals surface area contributed by atoms with Gasteiger partial charge in [-0.2, -0.15) is 0 Å². The first-order chi connectivity index (χ1) is 10.2. The van der Waals surface area contributed by atoms with Gasteiger partial charge in [0, 0.05) is 26.1 Å². The van der Waals surface area contributed by atoms with Crippen LogP contribution in [0.5, 0.6) is 5.75 Å². The second-order valence-electron chi connectivity index (χ2n) is 6.13. The van der Waals surface area contributed by atoms with Crippen LogP contribution in [-0.4, -0.2) is 42.6 Å². The van der Waals surface area contributed by atoms with Gasteiger partial charge in [-0.3, -0.25) is 9.69 Å². The SMILES string of the molecule is NC(=O)CNCc1ccc(OC23CCCN(CC2)C3)cc1. The molecule has 21 heavy (non-hydrogen) atoms. The first-order valence-corrected chi connectivity index (χ1v) is 7.65. The maximum absolute atomic E-state index is 10.7. The average Bonchev–Trinajstić information content (AvgIpc) is 2.75. The fourth-order valence-electron chi connectivity index (χ4n) is 3.34. The van der Waals surface area contributed by atoms with Gasteiger partial charge in [0.15, 0.2) is 0 Å². The zero-order valence-electron chi connectivity index (χ0n) is 12.3. The molecule has 0 spiro atoms. The van der Waals surface area contributed by atoms with E-state index >= 15 is 0 Å². The first-order valence-electron chi connectivity index (χ1n) is 7.65. The van der Waals surface area contributed by atoms with E-state index in [1.165, 1.54) is 13.0 Å². The predicted molar refractivity (Wildman–Crippen MR) is 81.0 cm³/mol. The largest absolute Gasteiger partial charge is 0.486 e. The second kappa shape index (κ2) is 6.03. The number of hydrogen-bond donors (Lipinski definition) is 2. The molecule has 2 unspecified atom stereocenters. The molecule has 0 saturated carbocycles. The standard InChI is InChI=1S/C16H23N3O2/c17-15(20)11-18-10-13-2-4-14(5-3-13)21-16-6-1-8-19(12-16)9-7-16/h2-5,18H,1,6-12H2,(H2,17,20). The average molecular weight is 289 g/mol. The molecule has 0 radical (unpaired) electrons. The molecule has 2 fully saturated rings. The first kappa shape index (κ1) is 14.4. The Balaban J connectivity index is 1.56. The van der Waals surface area contributed by atoms with Gasteiger partial charge in [0.1, 0.15) is 11.4 Å². The summed E-state index contributed by atoms with van der Waals surface area (Å²) in [6, 6.07) is 8.12. The summed E-state index contributed by atoms with van der Waals surface area (Å²) >= 11 is 0. The van der Waals surface area contributed by atoms with Crippen molar-refractivity contribution in [3.8, 4) is 5.75 Å². The van der Waals surface area contributed by atoms with Crippen LogP contribution in [0.25, 0.3) is 0 Å². The van der Waals surface area contributed by atoms with Gasteiger partial charge in [-0.1, -0.05) is 12.1 Å². The summed E-state index contributed by atoms with van der Waals surface area (Å²) in [5.74, 6) is 0.606. The fourth-order valence-corrected chi connectivity index (χ4v) is 3.34. The zero-order valence-corrected chi connectivity index (χ0v) is 12.3. The van der Waals surface area contributed by atoms with Crippen molar-refractivity contribution in [1.82, 2.24) is 10.2 Å². The Morgan fingerprint density at radius 1 is 1.29 bits per heavy atom. The Morgan fingerprint density at radius 2 is 2.10 bits per heavy atom. The van der Waals surface area contributed by atoms with Crippen LogP contribution in [0.1, 0.15) is 24.8 Å². The third-order valence-corrected chi connectivity index (χ3v) is 4.39. The van der Waals surface area contributed by atoms with E-state index in [-0.39, 0.29) is 18.1 Å². The highest BCUT2D eigenvalue weighted by molar-refractivity contribution is 5.75. The zero-order chi connectivity index (χ0) is 14.7. The Bertz CT molecular complexity index is 499. The number of hydrogen-bond acceptors (Lipinski definition) is 4. The summed E-state index contributed by atoms with van der Waals surface area (Å²) in [6.07, 6.45) is 3.52. The maximum Gasteiger partial charge on any atom is 0.231 e. The van der Waals surface area contributed by atoms with Crippen molar-refractivity contribution in [2.75, 3.05) is 26.2 Å². The molecule has 1 amide bonds. The number of nitrogens with one attached hydrogen (secondary N) is 1. The Kier molecular flexibility index (Phi) is 4.12. The van der Waals surface area contributed by atoms with Crippen LogP contribution < -0.4 is 15.8 Å². The molecule has 0 aromatic heterocycles. The van der Waals surface area contributed by atoms with E-state index in [4.69, 9.17) is 10.5 Å². The summed E-state index contributed by atoms with van der Waals surface area (Å²) in [4.78, 5) is 13.2. The fraction of sp³-hybridized carbons (Fsp3) is 0.562. The molecule has 5 heteroatoms. The van der Waals surface area contributed by atoms with Crippen LogP contribution in [0, 0.1) is 0 Å². The molecule has 2 aliphatic rings. The van der Waals surface area contributed by atoms with Crippen molar-refractivity contribution in [3.63, 3.8) is 0 Å². The number of rotatable bonds is 6. The smallest absolute Gasteiger partial charge is 0.231 e. The van der Waals surface area contributed by atoms with Crippen LogP contribution in [-0.2, 0) is 11.3 Å². The summed E-state index contributed by atoms with van der Waals surface area (Å²) in [5.41, 5.74) is 6.25. The molecule has 2 saturated heterocycles. The van der Waals surface area contributed by atoms with Gasteiger partial charge >= 0.3 is 0 Å². The van der Waals surface area contributed by atoms with E-state index in [1.54, 1.807) is 0 Å². The molecule has 5 nitrogen and oxygen atoms in total. The molecule has 2 bridgehead atoms. The van der Waals surface area contributed by atoms with E-state index < -0.39 is 0 Å². The number of carbonyl (C=O) groups is 1. The lowest BCUT2D eigenvalue weighted by atomic mass is 9.94. The summed E-state index contributed by atoms with van der Waals surface area (Å²) in [6.45, 7) is 4.29. The maximum atomic E-state index is 10.7. The molecule has 2 atom stereocenters. The van der Waals surface area contributed by atoms with Gasteiger partial charge in [-0.05, 0) is 37.1 Å². The van der Waals surface area contributed by atoms with E-state index in [0.717, 1.165) is 37.2 Å². The molecular formula is C16H23N3O2. The Morgan fingerprint density at radius 3 is 2.86 bits per heavy atom. The van der Waals surface area contributed by atoms with Gasteiger partial charge in [0.05, 0.1) is 6.54 Å². The van der Waals surface area contributed by atoms with E-state index in [1.807, 2.05) is 24.3 Å². The van der Waals surface area contributed by atoms with E-state index in [2.05, 4.69) is 10.2 Å². The van der Waals surface area contributed by atoms with Gasteiger partial charge in [-0.15, -0.1) is 0 Å². The van der Waals surface area contributed by atoms with Crippen molar-refractivity contribution < 1.29 is 9.53 Å². The monoisotopic (exact) mass is 289 g/mol. The van der Waals surface area contributed by atoms with Crippen molar-refractivity contribution in [2.24, 2.45) is 5.73 Å². The molecule has 1 aromatic carbocycles. The molecule has 3 N–H and O–H groups in total. The van der Waals surface area contributed by atoms with Gasteiger partial charge in [-0.25, -0.2) is 0 Å². The van der Waals surface area contributed by atoms with Gasteiger partial charge < -0.3 is 15.8 Å². The van der Waals surface area contributed by atoms with Crippen LogP contribution >= 0.6 is 0 Å². The lowest BCUT2D eigenvalue weighted by Crippen LogP contribution is -2.43. The Labute approximate surface area is 125 Å². The molecular weight excluding hydrogens is 266 g/mol. The third-order valence-electron chi connectivity index (χ3n) is 4.39.